The summed E-state index contributed by atoms with van der Waals surface area (Å²) < 4.78 is 12.5. The summed E-state index contributed by atoms with van der Waals surface area (Å²) >= 11 is 2.18. The maximum atomic E-state index is 5.80. The van der Waals surface area contributed by atoms with E-state index in [-0.39, 0.29) is 5.60 Å². The molecule has 1 aromatic rings. The molecular weight excluding hydrogens is 317 g/mol. The van der Waals surface area contributed by atoms with Gasteiger partial charge < -0.3 is 9.47 Å². The Kier molecular flexibility index (Phi) is 3.28. The zero-order chi connectivity index (χ0) is 11.8. The molecule has 1 heterocycles. The number of halogens is 1. The highest BCUT2D eigenvalue weighted by atomic mass is 127. The Hall–Kier alpha value is -0.520. The summed E-state index contributed by atoms with van der Waals surface area (Å²) in [4.78, 5) is 4.38. The van der Waals surface area contributed by atoms with Gasteiger partial charge in [-0.1, -0.05) is 0 Å². The van der Waals surface area contributed by atoms with Crippen molar-refractivity contribution in [2.75, 3.05) is 0 Å². The summed E-state index contributed by atoms with van der Waals surface area (Å²) in [6.45, 7) is 6.03. The molecule has 0 saturated heterocycles. The summed E-state index contributed by atoms with van der Waals surface area (Å²) in [5.74, 6) is 1.36. The van der Waals surface area contributed by atoms with E-state index in [4.69, 9.17) is 9.47 Å². The summed E-state index contributed by atoms with van der Waals surface area (Å²) in [6, 6.07) is 3.88. The third-order valence-corrected chi connectivity index (χ3v) is 2.61. The second-order valence-corrected chi connectivity index (χ2v) is 6.07. The number of nitrogens with zero attached hydrogens (tertiary/aromatic N) is 1. The molecule has 1 aromatic heterocycles. The van der Waals surface area contributed by atoms with Crippen molar-refractivity contribution >= 4 is 22.6 Å². The van der Waals surface area contributed by atoms with Crippen LogP contribution in [0.2, 0.25) is 0 Å². The molecule has 0 aliphatic heterocycles. The summed E-state index contributed by atoms with van der Waals surface area (Å²) in [5.41, 5.74) is -0.251. The van der Waals surface area contributed by atoms with Gasteiger partial charge in [0.25, 0.3) is 5.88 Å². The van der Waals surface area contributed by atoms with Crippen molar-refractivity contribution < 1.29 is 9.47 Å². The topological polar surface area (TPSA) is 31.4 Å². The highest BCUT2D eigenvalue weighted by Gasteiger charge is 2.26. The Morgan fingerprint density at radius 1 is 1.31 bits per heavy atom. The van der Waals surface area contributed by atoms with E-state index in [1.54, 1.807) is 0 Å². The fourth-order valence-corrected chi connectivity index (χ4v) is 1.62. The first-order valence-corrected chi connectivity index (χ1v) is 6.54. The van der Waals surface area contributed by atoms with Crippen LogP contribution in [0.4, 0.5) is 0 Å². The zero-order valence-electron chi connectivity index (χ0n) is 9.79. The van der Waals surface area contributed by atoms with Crippen LogP contribution in [0.1, 0.15) is 33.6 Å². The maximum Gasteiger partial charge on any atom is 0.258 e. The van der Waals surface area contributed by atoms with Gasteiger partial charge in [0.05, 0.1) is 6.10 Å². The fourth-order valence-electron chi connectivity index (χ4n) is 1.22. The molecule has 4 heteroatoms. The Morgan fingerprint density at radius 2 is 2.00 bits per heavy atom. The van der Waals surface area contributed by atoms with Crippen LogP contribution in [0.3, 0.4) is 0 Å². The normalized spacial score (nSPS) is 16.0. The maximum absolute atomic E-state index is 5.80. The summed E-state index contributed by atoms with van der Waals surface area (Å²) in [6.07, 6.45) is 2.64. The van der Waals surface area contributed by atoms with E-state index in [1.807, 2.05) is 32.9 Å². The average molecular weight is 333 g/mol. The molecule has 0 bridgehead atoms. The number of hydrogen-bond donors (Lipinski definition) is 0. The predicted molar refractivity (Wildman–Crippen MR) is 71.0 cm³/mol. The first-order valence-electron chi connectivity index (χ1n) is 5.46. The Labute approximate surface area is 110 Å². The fraction of sp³-hybridized carbons (Fsp3) is 0.583. The van der Waals surface area contributed by atoms with E-state index in [0.29, 0.717) is 12.0 Å². The van der Waals surface area contributed by atoms with Crippen LogP contribution < -0.4 is 9.47 Å². The molecule has 2 rings (SSSR count). The Bertz CT molecular complexity index is 383. The molecule has 0 N–H and O–H groups in total. The first kappa shape index (κ1) is 12.0. The molecule has 1 aliphatic rings. The third-order valence-electron chi connectivity index (χ3n) is 2.01. The van der Waals surface area contributed by atoms with Crippen molar-refractivity contribution in [2.24, 2.45) is 0 Å². The summed E-state index contributed by atoms with van der Waals surface area (Å²) in [5, 5.41) is 0. The first-order chi connectivity index (χ1) is 7.44. The average Bonchev–Trinajstić information content (AvgIpc) is 2.91. The molecule has 0 aromatic carbocycles. The Balaban J connectivity index is 2.20. The molecule has 0 spiro atoms. The molecule has 1 fully saturated rings. The smallest absolute Gasteiger partial charge is 0.258 e. The molecule has 88 valence electrons. The Morgan fingerprint density at radius 3 is 2.56 bits per heavy atom. The van der Waals surface area contributed by atoms with Gasteiger partial charge in [-0.25, -0.2) is 4.98 Å². The van der Waals surface area contributed by atoms with Gasteiger partial charge in [-0.05, 0) is 68.3 Å². The molecule has 1 saturated carbocycles. The SMILES string of the molecule is CC(C)(C)Oc1nc(I)ccc1OC1CC1. The molecule has 1 aliphatic carbocycles. The van der Waals surface area contributed by atoms with Gasteiger partial charge in [0.1, 0.15) is 9.30 Å². The highest BCUT2D eigenvalue weighted by molar-refractivity contribution is 14.1. The zero-order valence-corrected chi connectivity index (χ0v) is 11.9. The molecule has 0 amide bonds. The molecule has 3 nitrogen and oxygen atoms in total. The second-order valence-electron chi connectivity index (χ2n) is 4.97. The number of rotatable bonds is 3. The lowest BCUT2D eigenvalue weighted by atomic mass is 10.2. The van der Waals surface area contributed by atoms with Gasteiger partial charge in [0.15, 0.2) is 5.75 Å². The monoisotopic (exact) mass is 333 g/mol. The number of ether oxygens (including phenoxy) is 2. The van der Waals surface area contributed by atoms with Crippen molar-refractivity contribution in [1.82, 2.24) is 4.98 Å². The predicted octanol–water partition coefficient (Wildman–Crippen LogP) is 3.40. The molecule has 0 radical (unpaired) electrons. The second kappa shape index (κ2) is 4.39. The van der Waals surface area contributed by atoms with Crippen molar-refractivity contribution in [3.63, 3.8) is 0 Å². The van der Waals surface area contributed by atoms with Crippen LogP contribution >= 0.6 is 22.6 Å². The van der Waals surface area contributed by atoms with E-state index in [1.165, 1.54) is 0 Å². The van der Waals surface area contributed by atoms with E-state index in [2.05, 4.69) is 27.6 Å². The highest BCUT2D eigenvalue weighted by Crippen LogP contribution is 2.34. The van der Waals surface area contributed by atoms with Crippen LogP contribution in [0, 0.1) is 3.70 Å². The van der Waals surface area contributed by atoms with Crippen molar-refractivity contribution in [3.05, 3.63) is 15.8 Å². The van der Waals surface area contributed by atoms with Crippen LogP contribution in [0.25, 0.3) is 0 Å². The van der Waals surface area contributed by atoms with Crippen LogP contribution in [0.5, 0.6) is 11.6 Å². The van der Waals surface area contributed by atoms with Crippen molar-refractivity contribution in [3.8, 4) is 11.6 Å². The number of hydrogen-bond acceptors (Lipinski definition) is 3. The van der Waals surface area contributed by atoms with Gasteiger partial charge >= 0.3 is 0 Å². The lowest BCUT2D eigenvalue weighted by Crippen LogP contribution is -2.24. The van der Waals surface area contributed by atoms with Gasteiger partial charge in [-0.2, -0.15) is 0 Å². The van der Waals surface area contributed by atoms with Crippen molar-refractivity contribution in [1.29, 1.82) is 0 Å². The van der Waals surface area contributed by atoms with Gasteiger partial charge in [-0.3, -0.25) is 0 Å². The quantitative estimate of drug-likeness (QED) is 0.628. The number of pyridine rings is 1. The molecule has 0 unspecified atom stereocenters. The largest absolute Gasteiger partial charge is 0.485 e. The minimum atomic E-state index is -0.251. The molecule has 0 atom stereocenters. The van der Waals surface area contributed by atoms with E-state index in [9.17, 15) is 0 Å². The van der Waals surface area contributed by atoms with Crippen LogP contribution in [-0.2, 0) is 0 Å². The molecule has 16 heavy (non-hydrogen) atoms. The lowest BCUT2D eigenvalue weighted by molar-refractivity contribution is 0.115. The van der Waals surface area contributed by atoms with Gasteiger partial charge in [-0.15, -0.1) is 0 Å². The van der Waals surface area contributed by atoms with Gasteiger partial charge in [0, 0.05) is 0 Å². The van der Waals surface area contributed by atoms with E-state index in [0.717, 1.165) is 22.3 Å². The van der Waals surface area contributed by atoms with E-state index < -0.39 is 0 Å². The molecular formula is C12H16INO2. The minimum Gasteiger partial charge on any atom is -0.485 e. The minimum absolute atomic E-state index is 0.251. The van der Waals surface area contributed by atoms with Crippen LogP contribution in [-0.4, -0.2) is 16.7 Å². The standard InChI is InChI=1S/C12H16INO2/c1-12(2,3)16-11-9(15-8-4-5-8)6-7-10(13)14-11/h6-8H,4-5H2,1-3H3. The van der Waals surface area contributed by atoms with E-state index >= 15 is 0 Å². The summed E-state index contributed by atoms with van der Waals surface area (Å²) in [7, 11) is 0. The van der Waals surface area contributed by atoms with Gasteiger partial charge in [0.2, 0.25) is 0 Å². The third kappa shape index (κ3) is 3.50. The number of aromatic nitrogens is 1. The van der Waals surface area contributed by atoms with Crippen molar-refractivity contribution in [2.45, 2.75) is 45.3 Å². The lowest BCUT2D eigenvalue weighted by Gasteiger charge is -2.22. The van der Waals surface area contributed by atoms with Crippen LogP contribution in [0.15, 0.2) is 12.1 Å².